The van der Waals surface area contributed by atoms with Crippen molar-refractivity contribution in [3.05, 3.63) is 85.4 Å². The van der Waals surface area contributed by atoms with Crippen LogP contribution in [-0.2, 0) is 16.5 Å². The largest absolute Gasteiger partial charge is 0.433 e. The molecular weight excluding hydrogens is 505 g/mol. The molecule has 2 aliphatic carbocycles. The van der Waals surface area contributed by atoms with Crippen molar-refractivity contribution in [1.82, 2.24) is 0 Å². The van der Waals surface area contributed by atoms with Gasteiger partial charge in [0, 0.05) is 11.1 Å². The molecule has 9 heteroatoms. The summed E-state index contributed by atoms with van der Waals surface area (Å²) in [6, 6.07) is 0. The van der Waals surface area contributed by atoms with Crippen molar-refractivity contribution in [2.45, 2.75) is 69.8 Å². The first kappa shape index (κ1) is 29.3. The van der Waals surface area contributed by atoms with Crippen LogP contribution in [0.3, 0.4) is 0 Å². The fraction of sp³-hybridized carbons (Fsp3) is 0.440. The van der Waals surface area contributed by atoms with E-state index in [-0.39, 0.29) is 11.1 Å². The summed E-state index contributed by atoms with van der Waals surface area (Å²) in [5, 5.41) is 0. The smallest absolute Gasteiger partial charge is 0.342 e. The fourth-order valence-corrected chi connectivity index (χ4v) is 26.9. The van der Waals surface area contributed by atoms with Gasteiger partial charge in [-0.3, -0.25) is 0 Å². The summed E-state index contributed by atoms with van der Waals surface area (Å²) in [4.78, 5) is 0. The highest BCUT2D eigenvalue weighted by molar-refractivity contribution is 6.95. The molecule has 0 saturated carbocycles. The van der Waals surface area contributed by atoms with Crippen LogP contribution in [0.4, 0.5) is 0 Å². The zero-order valence-corrected chi connectivity index (χ0v) is 27.2. The highest BCUT2D eigenvalue weighted by Gasteiger charge is 2.58. The molecule has 0 spiro atoms. The molecule has 0 aliphatic heterocycles. The molecule has 2 rings (SSSR count). The van der Waals surface area contributed by atoms with Crippen LogP contribution in [0.25, 0.3) is 0 Å². The van der Waals surface area contributed by atoms with Crippen LogP contribution in [0, 0.1) is 0 Å². The van der Waals surface area contributed by atoms with Crippen molar-refractivity contribution < 1.29 is 16.5 Å². The monoisotopic (exact) mass is 548 g/mol. The summed E-state index contributed by atoms with van der Waals surface area (Å²) in [7, 11) is -12.6. The lowest BCUT2D eigenvalue weighted by molar-refractivity contribution is 0.276. The quantitative estimate of drug-likeness (QED) is 0.222. The molecule has 34 heavy (non-hydrogen) atoms. The van der Waals surface area contributed by atoms with Crippen molar-refractivity contribution in [2.24, 2.45) is 0 Å². The SMILES string of the molecule is C=C[Si](C)(C)O[Si](C)(C)O[Si](O[Si](C)(C=C)O[Si](C)(C)C=C)(C1C=CC=CC1)C1C=CC=CC1. The molecule has 0 radical (unpaired) electrons. The third-order valence-electron chi connectivity index (χ3n) is 6.09. The van der Waals surface area contributed by atoms with Gasteiger partial charge in [-0.05, 0) is 58.7 Å². The van der Waals surface area contributed by atoms with E-state index in [1.807, 2.05) is 17.1 Å². The molecule has 0 N–H and O–H groups in total. The van der Waals surface area contributed by atoms with Crippen molar-refractivity contribution in [2.75, 3.05) is 0 Å². The van der Waals surface area contributed by atoms with E-state index in [1.54, 1.807) is 0 Å². The minimum atomic E-state index is -3.01. The number of rotatable bonds is 13. The van der Waals surface area contributed by atoms with Gasteiger partial charge in [-0.15, -0.1) is 19.7 Å². The van der Waals surface area contributed by atoms with Gasteiger partial charge in [0.15, 0.2) is 16.6 Å². The third-order valence-corrected chi connectivity index (χ3v) is 25.7. The van der Waals surface area contributed by atoms with Crippen LogP contribution in [0.2, 0.25) is 56.9 Å². The topological polar surface area (TPSA) is 36.9 Å². The average molecular weight is 549 g/mol. The van der Waals surface area contributed by atoms with E-state index in [0.717, 1.165) is 12.8 Å². The van der Waals surface area contributed by atoms with Crippen LogP contribution in [0.1, 0.15) is 12.8 Å². The van der Waals surface area contributed by atoms with E-state index in [4.69, 9.17) is 16.5 Å². The molecule has 0 aromatic carbocycles. The van der Waals surface area contributed by atoms with Gasteiger partial charge in [0.1, 0.15) is 0 Å². The van der Waals surface area contributed by atoms with Gasteiger partial charge in [-0.1, -0.05) is 65.7 Å². The lowest BCUT2D eigenvalue weighted by atomic mass is 10.2. The van der Waals surface area contributed by atoms with Gasteiger partial charge in [-0.25, -0.2) is 0 Å². The number of allylic oxidation sites excluding steroid dienone is 8. The first-order valence-electron chi connectivity index (χ1n) is 12.1. The fourth-order valence-electron chi connectivity index (χ4n) is 4.42. The van der Waals surface area contributed by atoms with Gasteiger partial charge >= 0.3 is 25.7 Å². The van der Waals surface area contributed by atoms with Crippen molar-refractivity contribution >= 4 is 42.3 Å². The van der Waals surface area contributed by atoms with Crippen LogP contribution in [-0.4, -0.2) is 42.3 Å². The predicted octanol–water partition coefficient (Wildman–Crippen LogP) is 7.63. The molecule has 0 saturated heterocycles. The Hall–Kier alpha value is -0.896. The maximum Gasteiger partial charge on any atom is 0.342 e. The Morgan fingerprint density at radius 3 is 1.47 bits per heavy atom. The summed E-state index contributed by atoms with van der Waals surface area (Å²) in [5.41, 5.74) is 6.14. The first-order chi connectivity index (χ1) is 15.7. The van der Waals surface area contributed by atoms with E-state index >= 15 is 0 Å². The van der Waals surface area contributed by atoms with Crippen LogP contribution in [0.15, 0.2) is 85.4 Å². The summed E-state index contributed by atoms with van der Waals surface area (Å²) in [5.74, 6) is 0. The molecule has 0 bridgehead atoms. The second-order valence-electron chi connectivity index (χ2n) is 10.7. The van der Waals surface area contributed by atoms with Crippen LogP contribution < -0.4 is 0 Å². The average Bonchev–Trinajstić information content (AvgIpc) is 2.78. The zero-order valence-electron chi connectivity index (χ0n) is 22.2. The van der Waals surface area contributed by atoms with Gasteiger partial charge in [0.05, 0.1) is 0 Å². The Balaban J connectivity index is 2.63. The van der Waals surface area contributed by atoms with Crippen LogP contribution in [0.5, 0.6) is 0 Å². The molecule has 4 nitrogen and oxygen atoms in total. The molecule has 3 unspecified atom stereocenters. The van der Waals surface area contributed by atoms with Crippen LogP contribution >= 0.6 is 0 Å². The second kappa shape index (κ2) is 11.4. The maximum atomic E-state index is 7.35. The Kier molecular flexibility index (Phi) is 9.87. The van der Waals surface area contributed by atoms with Crippen molar-refractivity contribution in [3.8, 4) is 0 Å². The Labute approximate surface area is 213 Å². The summed E-state index contributed by atoms with van der Waals surface area (Å²) < 4.78 is 28.2. The zero-order chi connectivity index (χ0) is 25.7. The Bertz CT molecular complexity index is 845. The lowest BCUT2D eigenvalue weighted by Crippen LogP contribution is -2.64. The molecular formula is C25H44O4Si5. The highest BCUT2D eigenvalue weighted by atomic mass is 28.5. The summed E-state index contributed by atoms with van der Waals surface area (Å²) >= 11 is 0. The highest BCUT2D eigenvalue weighted by Crippen LogP contribution is 2.47. The van der Waals surface area contributed by atoms with Gasteiger partial charge in [0.2, 0.25) is 0 Å². The van der Waals surface area contributed by atoms with Crippen molar-refractivity contribution in [3.63, 3.8) is 0 Å². The van der Waals surface area contributed by atoms with E-state index in [1.165, 1.54) is 0 Å². The van der Waals surface area contributed by atoms with E-state index in [9.17, 15) is 0 Å². The molecule has 3 atom stereocenters. The number of hydrogen-bond acceptors (Lipinski definition) is 4. The number of hydrogen-bond donors (Lipinski definition) is 0. The van der Waals surface area contributed by atoms with E-state index < -0.39 is 42.3 Å². The van der Waals surface area contributed by atoms with Gasteiger partial charge < -0.3 is 16.5 Å². The predicted molar refractivity (Wildman–Crippen MR) is 158 cm³/mol. The maximum absolute atomic E-state index is 7.35. The van der Waals surface area contributed by atoms with Crippen molar-refractivity contribution in [1.29, 1.82) is 0 Å². The molecule has 0 fully saturated rings. The Morgan fingerprint density at radius 1 is 0.618 bits per heavy atom. The second-order valence-corrected chi connectivity index (χ2v) is 29.3. The molecule has 0 amide bonds. The van der Waals surface area contributed by atoms with E-state index in [2.05, 4.69) is 114 Å². The first-order valence-corrected chi connectivity index (χ1v) is 25.3. The minimum Gasteiger partial charge on any atom is -0.433 e. The third kappa shape index (κ3) is 7.80. The molecule has 0 aromatic heterocycles. The normalized spacial score (nSPS) is 24.3. The Morgan fingerprint density at radius 2 is 1.09 bits per heavy atom. The minimum absolute atomic E-state index is 0.145. The van der Waals surface area contributed by atoms with Gasteiger partial charge in [0.25, 0.3) is 0 Å². The lowest BCUT2D eigenvalue weighted by Gasteiger charge is -2.50. The molecule has 188 valence electrons. The molecule has 0 aromatic rings. The molecule has 0 heterocycles. The van der Waals surface area contributed by atoms with Gasteiger partial charge in [-0.2, -0.15) is 0 Å². The van der Waals surface area contributed by atoms with E-state index in [0.29, 0.717) is 0 Å². The standard InChI is InChI=1S/C25H44O4Si5/c1-11-30(4,5)26-32(8,9)28-34(24-20-16-14-17-21-24,25-22-18-15-19-23-25)29-33(10,13-3)27-31(6,7)12-2/h11-20,22,24-25H,1-3,21,23H2,4-10H3. The molecule has 2 aliphatic rings. The summed E-state index contributed by atoms with van der Waals surface area (Å²) in [6.45, 7) is 27.3. The summed E-state index contributed by atoms with van der Waals surface area (Å²) in [6.07, 6.45) is 19.2.